The maximum absolute atomic E-state index is 12.0. The van der Waals surface area contributed by atoms with Gasteiger partial charge >= 0.3 is 6.03 Å². The number of hydrogen-bond acceptors (Lipinski definition) is 12. The van der Waals surface area contributed by atoms with E-state index in [-0.39, 0.29) is 80.5 Å². The van der Waals surface area contributed by atoms with Crippen LogP contribution in [-0.2, 0) is 40.0 Å². The number of carbonyl (C=O) groups is 8. The van der Waals surface area contributed by atoms with Crippen molar-refractivity contribution in [2.45, 2.75) is 360 Å². The Morgan fingerprint density at radius 1 is 0.552 bits per heavy atom. The Morgan fingerprint density at radius 2 is 1.03 bits per heavy atom. The van der Waals surface area contributed by atoms with Gasteiger partial charge < -0.3 is 30.9 Å². The van der Waals surface area contributed by atoms with Gasteiger partial charge in [-0.1, -0.05) is 263 Å². The number of aliphatic hydroxyl groups excluding tert-OH is 2. The summed E-state index contributed by atoms with van der Waals surface area (Å²) in [5, 5.41) is 36.0. The number of H-pyrrole nitrogens is 1. The van der Waals surface area contributed by atoms with Gasteiger partial charge in [0.15, 0.2) is 5.78 Å². The zero-order chi connectivity index (χ0) is 82.2. The number of amides is 2. The number of benzene rings is 1. The maximum Gasteiger partial charge on any atom is 0.315 e. The molecule has 0 unspecified atom stereocenters. The molecular weight excluding hydrogens is 1330 g/mol. The van der Waals surface area contributed by atoms with Crippen molar-refractivity contribution >= 4 is 69.2 Å². The Bertz CT molecular complexity index is 3000. The van der Waals surface area contributed by atoms with E-state index in [0.717, 1.165) is 80.9 Å². The van der Waals surface area contributed by atoms with E-state index in [4.69, 9.17) is 5.11 Å². The van der Waals surface area contributed by atoms with Crippen LogP contribution in [0.5, 0.6) is 5.75 Å². The number of aromatic nitrogens is 1. The van der Waals surface area contributed by atoms with Crippen molar-refractivity contribution in [2.24, 2.45) is 54.7 Å². The molecule has 2 aliphatic heterocycles. The molecule has 2 aromatic rings. The fourth-order valence-corrected chi connectivity index (χ4v) is 12.3. The fraction of sp³-hybridized carbons (Fsp3) is 0.733. The molecular formula is C90H157N3O11S. The molecule has 2 amide bonds. The minimum absolute atomic E-state index is 0.0248. The van der Waals surface area contributed by atoms with Crippen LogP contribution in [0.2, 0.25) is 0 Å². The molecule has 2 aliphatic rings. The molecule has 1 aromatic heterocycles. The summed E-state index contributed by atoms with van der Waals surface area (Å²) >= 11 is 1.94. The highest BCUT2D eigenvalue weighted by molar-refractivity contribution is 8.00. The number of unbranched alkanes of at least 4 members (excludes halogenated alkanes) is 1. The van der Waals surface area contributed by atoms with E-state index in [9.17, 15) is 48.6 Å². The van der Waals surface area contributed by atoms with Crippen molar-refractivity contribution in [1.82, 2.24) is 15.6 Å². The number of thioether (sulfide) groups is 1. The van der Waals surface area contributed by atoms with Crippen LogP contribution in [0.25, 0.3) is 10.9 Å². The molecule has 604 valence electrons. The number of phenols is 1. The van der Waals surface area contributed by atoms with Crippen LogP contribution in [-0.4, -0.2) is 103 Å². The molecule has 0 bridgehead atoms. The monoisotopic (exact) mass is 1490 g/mol. The second-order valence-electron chi connectivity index (χ2n) is 37.8. The Kier molecular flexibility index (Phi) is 49.2. The molecule has 105 heavy (non-hydrogen) atoms. The summed E-state index contributed by atoms with van der Waals surface area (Å²) in [5.41, 5.74) is 1.03. The number of aromatic hydroxyl groups is 1. The largest absolute Gasteiger partial charge is 0.508 e. The summed E-state index contributed by atoms with van der Waals surface area (Å²) in [6, 6.07) is 6.06. The van der Waals surface area contributed by atoms with Gasteiger partial charge in [0.1, 0.15) is 46.6 Å². The number of ketones is 7. The Labute approximate surface area is 645 Å². The highest BCUT2D eigenvalue weighted by Crippen LogP contribution is 2.35. The van der Waals surface area contributed by atoms with Gasteiger partial charge in [-0.25, -0.2) is 4.79 Å². The van der Waals surface area contributed by atoms with Crippen molar-refractivity contribution in [3.63, 3.8) is 0 Å². The second kappa shape index (κ2) is 49.7. The predicted octanol–water partition coefficient (Wildman–Crippen LogP) is 22.6. The maximum atomic E-state index is 12.0. The number of phenolic OH excluding ortho intramolecular Hbond substituents is 1. The fourth-order valence-electron chi connectivity index (χ4n) is 10.8. The van der Waals surface area contributed by atoms with Crippen LogP contribution in [0.1, 0.15) is 335 Å². The highest BCUT2D eigenvalue weighted by Gasteiger charge is 2.43. The van der Waals surface area contributed by atoms with Gasteiger partial charge in [-0.15, -0.1) is 0 Å². The number of fused-ring (bicyclic) bond motifs is 2. The number of carbonyl (C=O) groups excluding carboxylic acids is 8. The number of allylic oxidation sites excluding steroid dienone is 8. The van der Waals surface area contributed by atoms with Crippen molar-refractivity contribution in [3.05, 3.63) is 78.6 Å². The molecule has 0 aliphatic carbocycles. The summed E-state index contributed by atoms with van der Waals surface area (Å²) in [4.78, 5) is 96.0. The SMILES string of the molecule is CC(C)(C)C(=O)CCCC(=O)[C@H](O)C(C)(C)CO.CC(C)(C)C(=O)CCCC[C@@H]1SC[C@@H]2NC(=O)N[C@@H]21.CC(C)(C)CCCc1c[nH]c2ccc(O)cc12.CC/C=C\CC(=O)C(C)(C)C.CC/C=C\CC(=O)CC(C)(C)C.CC/C=C\CC(C)(C)C(=O)C(C)C.CC/C=C\CC(C)(C)C(=O)CC(C)(C)C. The number of hydrogen-bond donors (Lipinski definition) is 6. The first kappa shape index (κ1) is 104. The number of aliphatic hydroxyl groups is 2. The Balaban J connectivity index is -0.00000117. The van der Waals surface area contributed by atoms with Gasteiger partial charge in [-0.3, -0.25) is 33.6 Å². The summed E-state index contributed by atoms with van der Waals surface area (Å²) in [6.07, 6.45) is 34.0. The quantitative estimate of drug-likeness (QED) is 0.0228. The lowest BCUT2D eigenvalue weighted by Gasteiger charge is -2.27. The van der Waals surface area contributed by atoms with Crippen LogP contribution in [0, 0.1) is 54.7 Å². The van der Waals surface area contributed by atoms with Gasteiger partial charge in [0, 0.05) is 111 Å². The van der Waals surface area contributed by atoms with E-state index < -0.39 is 11.5 Å². The summed E-state index contributed by atoms with van der Waals surface area (Å²) in [6.45, 7) is 60.2. The molecule has 0 radical (unpaired) electrons. The topological polar surface area (TPSA) is 237 Å². The van der Waals surface area contributed by atoms with E-state index in [0.29, 0.717) is 96.3 Å². The van der Waals surface area contributed by atoms with E-state index in [1.165, 1.54) is 18.4 Å². The molecule has 4 atom stereocenters. The molecule has 2 fully saturated rings. The van der Waals surface area contributed by atoms with Crippen LogP contribution in [0.15, 0.2) is 73.0 Å². The van der Waals surface area contributed by atoms with E-state index >= 15 is 0 Å². The summed E-state index contributed by atoms with van der Waals surface area (Å²) in [5.74, 6) is 3.02. The van der Waals surface area contributed by atoms with Gasteiger partial charge in [0.25, 0.3) is 0 Å². The normalized spacial score (nSPS) is 16.0. The first-order chi connectivity index (χ1) is 47.9. The van der Waals surface area contributed by atoms with E-state index in [2.05, 4.69) is 136 Å². The molecule has 2 saturated heterocycles. The van der Waals surface area contributed by atoms with Crippen molar-refractivity contribution in [1.29, 1.82) is 0 Å². The average Bonchev–Trinajstić information content (AvgIpc) is 1.68. The van der Waals surface area contributed by atoms with Gasteiger partial charge in [-0.05, 0) is 117 Å². The molecule has 14 nitrogen and oxygen atoms in total. The number of urea groups is 1. The lowest BCUT2D eigenvalue weighted by atomic mass is 9.77. The number of aromatic amines is 1. The van der Waals surface area contributed by atoms with Crippen molar-refractivity contribution < 1.29 is 53.7 Å². The minimum atomic E-state index is -1.17. The second-order valence-corrected chi connectivity index (χ2v) is 39.0. The molecule has 15 heteroatoms. The Hall–Kier alpha value is -5.25. The number of aryl methyl sites for hydroxylation is 1. The summed E-state index contributed by atoms with van der Waals surface area (Å²) < 4.78 is 0. The third-order valence-electron chi connectivity index (χ3n) is 17.9. The number of nitrogens with one attached hydrogen (secondary N) is 3. The standard InChI is InChI=1S/C15H21NO.C14H24N2O2S.C14H26O4.C14H26O.C12H22O.C11H20O.C10H18O/c1-15(2,3)8-4-5-11-10-16-14-7-6-12(17)9-13(11)14;1-14(2,3)11(17)7-5-4-6-10-12-9(8-19-10)15-13(18)16-12;1-13(2,3)11(17)8-6-7-10(16)12(18)14(4,5)9-15;1-7-8-9-10-14(5,6)12(15)11-13(2,3)4;1-6-7-8-9-12(4,5)11(13)10(2)3;1-5-6-7-8-10(12)9-11(2,3)4;1-5-6-7-8-9(11)10(2,3)4/h6-7,9-10,16-17H,4-5,8H2,1-3H3;9-10,12H,4-8H2,1-3H3,(H2,15,16,18);12,15,18H,6-9H2,1-5H3;8-9H,7,10-11H2,1-6H3;7-8,10H,6,9H2,1-5H3;6-7H,5,8-9H2,1-4H3;6-7H,5,8H2,1-4H3/b;;;9-8-;8-7-;2*7-6-/t;9-,10-,12-;12-;;;;/m.00..../s1. The van der Waals surface area contributed by atoms with Crippen LogP contribution < -0.4 is 10.6 Å². The minimum Gasteiger partial charge on any atom is -0.508 e. The van der Waals surface area contributed by atoms with Crippen LogP contribution >= 0.6 is 11.8 Å². The molecule has 4 rings (SSSR count). The molecule has 6 N–H and O–H groups in total. The predicted molar refractivity (Wildman–Crippen MR) is 447 cm³/mol. The summed E-state index contributed by atoms with van der Waals surface area (Å²) in [7, 11) is 0. The highest BCUT2D eigenvalue weighted by atomic mass is 32.2. The molecule has 3 heterocycles. The zero-order valence-corrected chi connectivity index (χ0v) is 73.2. The van der Waals surface area contributed by atoms with E-state index in [1.54, 1.807) is 19.9 Å². The first-order valence-corrected chi connectivity index (χ1v) is 40.5. The van der Waals surface area contributed by atoms with Crippen LogP contribution in [0.4, 0.5) is 4.79 Å². The molecule has 0 spiro atoms. The lowest BCUT2D eigenvalue weighted by molar-refractivity contribution is -0.135. The first-order valence-electron chi connectivity index (χ1n) is 39.5. The van der Waals surface area contributed by atoms with Crippen LogP contribution in [0.3, 0.4) is 0 Å². The smallest absolute Gasteiger partial charge is 0.315 e. The third-order valence-corrected chi connectivity index (χ3v) is 19.4. The van der Waals surface area contributed by atoms with Gasteiger partial charge in [-0.2, -0.15) is 11.8 Å². The third kappa shape index (κ3) is 49.4. The number of Topliss-reactive ketones (excluding diaryl/α,β-unsaturated/α-hetero) is 7. The van der Waals surface area contributed by atoms with Gasteiger partial charge in [0.05, 0.1) is 18.7 Å². The van der Waals surface area contributed by atoms with Crippen molar-refractivity contribution in [2.75, 3.05) is 12.4 Å². The molecule has 1 aromatic carbocycles. The van der Waals surface area contributed by atoms with Gasteiger partial charge in [0.2, 0.25) is 0 Å². The Morgan fingerprint density at radius 3 is 1.49 bits per heavy atom. The number of rotatable bonds is 32. The van der Waals surface area contributed by atoms with Crippen molar-refractivity contribution in [3.8, 4) is 5.75 Å². The lowest BCUT2D eigenvalue weighted by Crippen LogP contribution is -2.39. The van der Waals surface area contributed by atoms with E-state index in [1.807, 2.05) is 152 Å². The average molecular weight is 1490 g/mol. The zero-order valence-electron chi connectivity index (χ0n) is 72.4. The molecule has 0 saturated carbocycles.